The highest BCUT2D eigenvalue weighted by Gasteiger charge is 2.15. The number of hydrogen-bond acceptors (Lipinski definition) is 4. The van der Waals surface area contributed by atoms with Gasteiger partial charge >= 0.3 is 0 Å². The van der Waals surface area contributed by atoms with Crippen LogP contribution in [-0.2, 0) is 0 Å². The molecular formula is C16H11ClFN3OS. The summed E-state index contributed by atoms with van der Waals surface area (Å²) in [6, 6.07) is 9.29. The summed E-state index contributed by atoms with van der Waals surface area (Å²) in [5.74, 6) is -0.677. The number of carbonyl (C=O) groups is 1. The van der Waals surface area contributed by atoms with Crippen LogP contribution < -0.4 is 5.32 Å². The predicted octanol–water partition coefficient (Wildman–Crippen LogP) is 4.56. The maximum Gasteiger partial charge on any atom is 0.260 e. The number of amides is 1. The zero-order chi connectivity index (χ0) is 16.4. The molecule has 0 aliphatic rings. The largest absolute Gasteiger partial charge is 0.298 e. The quantitative estimate of drug-likeness (QED) is 0.707. The molecule has 0 spiro atoms. The third-order valence-electron chi connectivity index (χ3n) is 3.14. The van der Waals surface area contributed by atoms with E-state index < -0.39 is 0 Å². The van der Waals surface area contributed by atoms with Gasteiger partial charge in [-0.3, -0.25) is 10.1 Å². The first-order chi connectivity index (χ1) is 11.0. The van der Waals surface area contributed by atoms with E-state index in [4.69, 9.17) is 11.6 Å². The Kier molecular flexibility index (Phi) is 4.36. The van der Waals surface area contributed by atoms with E-state index in [1.54, 1.807) is 24.3 Å². The van der Waals surface area contributed by atoms with Gasteiger partial charge in [0.25, 0.3) is 5.91 Å². The van der Waals surface area contributed by atoms with Gasteiger partial charge in [-0.1, -0.05) is 11.6 Å². The van der Waals surface area contributed by atoms with E-state index in [9.17, 15) is 9.18 Å². The van der Waals surface area contributed by atoms with Crippen molar-refractivity contribution in [2.75, 3.05) is 5.32 Å². The zero-order valence-corrected chi connectivity index (χ0v) is 13.6. The molecule has 1 N–H and O–H groups in total. The number of nitrogens with one attached hydrogen (secondary N) is 1. The van der Waals surface area contributed by atoms with E-state index in [2.05, 4.69) is 15.3 Å². The molecule has 116 valence electrons. The first-order valence-corrected chi connectivity index (χ1v) is 7.89. The zero-order valence-electron chi connectivity index (χ0n) is 12.0. The molecule has 23 heavy (non-hydrogen) atoms. The van der Waals surface area contributed by atoms with Crippen molar-refractivity contribution >= 4 is 34.0 Å². The van der Waals surface area contributed by atoms with Crippen LogP contribution in [0.4, 0.5) is 9.52 Å². The molecule has 4 nitrogen and oxygen atoms in total. The first kappa shape index (κ1) is 15.6. The van der Waals surface area contributed by atoms with Gasteiger partial charge in [0.15, 0.2) is 5.13 Å². The van der Waals surface area contributed by atoms with Crippen molar-refractivity contribution < 1.29 is 9.18 Å². The van der Waals surface area contributed by atoms with Crippen LogP contribution in [0.3, 0.4) is 0 Å². The van der Waals surface area contributed by atoms with Crippen molar-refractivity contribution in [2.24, 2.45) is 0 Å². The number of aromatic nitrogens is 2. The number of aryl methyl sites for hydroxylation is 1. The van der Waals surface area contributed by atoms with E-state index in [0.29, 0.717) is 10.8 Å². The van der Waals surface area contributed by atoms with Crippen molar-refractivity contribution in [2.45, 2.75) is 6.92 Å². The van der Waals surface area contributed by atoms with Crippen molar-refractivity contribution in [1.29, 1.82) is 0 Å². The van der Waals surface area contributed by atoms with Crippen LogP contribution in [0.25, 0.3) is 11.3 Å². The van der Waals surface area contributed by atoms with Crippen LogP contribution in [0.5, 0.6) is 0 Å². The highest BCUT2D eigenvalue weighted by Crippen LogP contribution is 2.30. The molecule has 0 aliphatic heterocycles. The molecule has 7 heteroatoms. The van der Waals surface area contributed by atoms with E-state index in [0.717, 1.165) is 10.4 Å². The normalized spacial score (nSPS) is 10.6. The molecule has 3 aromatic rings. The standard InChI is InChI=1S/C16H11ClFN3OS/c1-9-13(10-4-6-11(18)7-5-10)20-16(23-9)21-15(22)12-3-2-8-19-14(12)17/h2-8H,1H3,(H,20,21,22). The average molecular weight is 348 g/mol. The molecule has 0 bridgehead atoms. The van der Waals surface area contributed by atoms with E-state index in [1.165, 1.54) is 29.7 Å². The van der Waals surface area contributed by atoms with Crippen molar-refractivity contribution in [3.05, 3.63) is 64.0 Å². The average Bonchev–Trinajstić information content (AvgIpc) is 2.89. The molecular weight excluding hydrogens is 337 g/mol. The molecule has 0 saturated carbocycles. The molecule has 0 aliphatic carbocycles. The van der Waals surface area contributed by atoms with Gasteiger partial charge in [0.1, 0.15) is 11.0 Å². The van der Waals surface area contributed by atoms with Gasteiger partial charge in [-0.2, -0.15) is 0 Å². The minimum Gasteiger partial charge on any atom is -0.298 e. The van der Waals surface area contributed by atoms with Crippen LogP contribution in [0.1, 0.15) is 15.2 Å². The van der Waals surface area contributed by atoms with Crippen molar-refractivity contribution in [3.63, 3.8) is 0 Å². The third kappa shape index (κ3) is 3.38. The Morgan fingerprint density at radius 3 is 2.70 bits per heavy atom. The number of nitrogens with zero attached hydrogens (tertiary/aromatic N) is 2. The number of halogens is 2. The van der Waals surface area contributed by atoms with Crippen LogP contribution in [-0.4, -0.2) is 15.9 Å². The number of rotatable bonds is 3. The van der Waals surface area contributed by atoms with Crippen molar-refractivity contribution in [3.8, 4) is 11.3 Å². The third-order valence-corrected chi connectivity index (χ3v) is 4.33. The fraction of sp³-hybridized carbons (Fsp3) is 0.0625. The Morgan fingerprint density at radius 1 is 1.26 bits per heavy atom. The first-order valence-electron chi connectivity index (χ1n) is 6.70. The highest BCUT2D eigenvalue weighted by atomic mass is 35.5. The number of anilines is 1. The Hall–Kier alpha value is -2.31. The lowest BCUT2D eigenvalue weighted by molar-refractivity contribution is 0.102. The minimum absolute atomic E-state index is 0.136. The second-order valence-electron chi connectivity index (χ2n) is 4.73. The van der Waals surface area contributed by atoms with E-state index in [1.807, 2.05) is 6.92 Å². The Labute approximate surface area is 141 Å². The van der Waals surface area contributed by atoms with Gasteiger partial charge < -0.3 is 0 Å². The van der Waals surface area contributed by atoms with Crippen LogP contribution in [0, 0.1) is 12.7 Å². The van der Waals surface area contributed by atoms with Gasteiger partial charge in [-0.05, 0) is 43.3 Å². The maximum atomic E-state index is 13.0. The van der Waals surface area contributed by atoms with Gasteiger partial charge in [0, 0.05) is 16.6 Å². The monoisotopic (exact) mass is 347 g/mol. The summed E-state index contributed by atoms with van der Waals surface area (Å²) in [6.45, 7) is 1.89. The van der Waals surface area contributed by atoms with Crippen LogP contribution in [0.15, 0.2) is 42.6 Å². The SMILES string of the molecule is Cc1sc(NC(=O)c2cccnc2Cl)nc1-c1ccc(F)cc1. The molecule has 0 unspecified atom stereocenters. The molecule has 2 aromatic heterocycles. The molecule has 3 rings (SSSR count). The Morgan fingerprint density at radius 2 is 2.00 bits per heavy atom. The second kappa shape index (κ2) is 6.44. The number of thiazole rings is 1. The molecule has 1 amide bonds. The summed E-state index contributed by atoms with van der Waals surface area (Å²) >= 11 is 7.25. The fourth-order valence-corrected chi connectivity index (χ4v) is 3.08. The van der Waals surface area contributed by atoms with Gasteiger partial charge in [0.2, 0.25) is 0 Å². The number of hydrogen-bond donors (Lipinski definition) is 1. The summed E-state index contributed by atoms with van der Waals surface area (Å²) in [6.07, 6.45) is 1.51. The molecule has 1 aromatic carbocycles. The van der Waals surface area contributed by atoms with Gasteiger partial charge in [-0.15, -0.1) is 11.3 Å². The smallest absolute Gasteiger partial charge is 0.260 e. The predicted molar refractivity (Wildman–Crippen MR) is 89.4 cm³/mol. The molecule has 0 atom stereocenters. The summed E-state index contributed by atoms with van der Waals surface area (Å²) in [7, 11) is 0. The summed E-state index contributed by atoms with van der Waals surface area (Å²) in [5, 5.41) is 3.30. The topological polar surface area (TPSA) is 54.9 Å². The molecule has 0 saturated heterocycles. The van der Waals surface area contributed by atoms with Gasteiger partial charge in [0.05, 0.1) is 11.3 Å². The molecule has 0 fully saturated rings. The molecule has 2 heterocycles. The van der Waals surface area contributed by atoms with Crippen LogP contribution in [0.2, 0.25) is 5.15 Å². The highest BCUT2D eigenvalue weighted by molar-refractivity contribution is 7.16. The van der Waals surface area contributed by atoms with Crippen LogP contribution >= 0.6 is 22.9 Å². The molecule has 0 radical (unpaired) electrons. The summed E-state index contributed by atoms with van der Waals surface area (Å²) in [4.78, 5) is 21.4. The lowest BCUT2D eigenvalue weighted by atomic mass is 10.1. The lowest BCUT2D eigenvalue weighted by Gasteiger charge is -2.02. The summed E-state index contributed by atoms with van der Waals surface area (Å²) < 4.78 is 13.0. The van der Waals surface area contributed by atoms with Gasteiger partial charge in [-0.25, -0.2) is 14.4 Å². The summed E-state index contributed by atoms with van der Waals surface area (Å²) in [5.41, 5.74) is 1.79. The minimum atomic E-state index is -0.373. The Bertz CT molecular complexity index is 864. The van der Waals surface area contributed by atoms with E-state index >= 15 is 0 Å². The number of pyridine rings is 1. The maximum absolute atomic E-state index is 13.0. The van der Waals surface area contributed by atoms with E-state index in [-0.39, 0.29) is 22.4 Å². The number of carbonyl (C=O) groups excluding carboxylic acids is 1. The Balaban J connectivity index is 1.85. The van der Waals surface area contributed by atoms with Crippen molar-refractivity contribution in [1.82, 2.24) is 9.97 Å². The lowest BCUT2D eigenvalue weighted by Crippen LogP contribution is -2.12. The fourth-order valence-electron chi connectivity index (χ4n) is 2.05. The number of benzene rings is 1. The second-order valence-corrected chi connectivity index (χ2v) is 6.29.